The molecule has 0 aromatic rings. The summed E-state index contributed by atoms with van der Waals surface area (Å²) in [5.74, 6) is -6.35. The molecule has 0 saturated heterocycles. The smallest absolute Gasteiger partial charge is 0.320 e. The van der Waals surface area contributed by atoms with Crippen LogP contribution in [0.4, 0.5) is 0 Å². The summed E-state index contributed by atoms with van der Waals surface area (Å²) in [4.78, 5) is 64.7. The molecule has 0 radical (unpaired) electrons. The zero-order valence-corrected chi connectivity index (χ0v) is 15.3. The maximum absolute atomic E-state index is 10.5. The minimum atomic E-state index is -1.21. The lowest BCUT2D eigenvalue weighted by molar-refractivity contribution is -0.148. The van der Waals surface area contributed by atoms with Crippen molar-refractivity contribution < 1.29 is 49.2 Å². The number of carbonyl (C=O) groups is 6. The van der Waals surface area contributed by atoms with Gasteiger partial charge >= 0.3 is 23.9 Å². The summed E-state index contributed by atoms with van der Waals surface area (Å²) in [7, 11) is 0. The summed E-state index contributed by atoms with van der Waals surface area (Å²) >= 11 is 0. The molecule has 0 fully saturated rings. The first-order chi connectivity index (χ1) is 12.7. The molecule has 0 aliphatic heterocycles. The molecule has 14 heteroatoms. The molecule has 14 nitrogen and oxygen atoms in total. The van der Waals surface area contributed by atoms with E-state index in [0.717, 1.165) is 9.80 Å². The van der Waals surface area contributed by atoms with E-state index >= 15 is 0 Å². The molecule has 0 aromatic carbocycles. The van der Waals surface area contributed by atoms with Crippen molar-refractivity contribution in [3.63, 3.8) is 0 Å². The SMILES string of the molecule is C[C@@H](C(=O)O)N(CC(N)=O)CC(=O)O.C[C@@H](C(=O)O)N(CC(N)=O)CC(=O)O. The summed E-state index contributed by atoms with van der Waals surface area (Å²) in [6.45, 7) is 0.731. The molecule has 2 amide bonds. The number of hydrogen-bond donors (Lipinski definition) is 6. The van der Waals surface area contributed by atoms with E-state index in [4.69, 9.17) is 31.9 Å². The van der Waals surface area contributed by atoms with E-state index in [1.165, 1.54) is 13.8 Å². The standard InChI is InChI=1S/2C7H12N2O5/c2*1-4(7(13)14)9(2-5(8)10)3-6(11)12/h2*4H,2-3H2,1H3,(H2,8,10)(H,11,12)(H,13,14)/t2*4-/m00/s1. The summed E-state index contributed by atoms with van der Waals surface area (Å²) < 4.78 is 0. The Morgan fingerprint density at radius 1 is 0.643 bits per heavy atom. The Morgan fingerprint density at radius 3 is 1.04 bits per heavy atom. The van der Waals surface area contributed by atoms with Crippen molar-refractivity contribution in [3.8, 4) is 0 Å². The van der Waals surface area contributed by atoms with Crippen molar-refractivity contribution in [1.82, 2.24) is 9.80 Å². The van der Waals surface area contributed by atoms with Gasteiger partial charge in [-0.2, -0.15) is 0 Å². The molecule has 0 aromatic heterocycles. The number of hydrogen-bond acceptors (Lipinski definition) is 8. The maximum atomic E-state index is 10.5. The van der Waals surface area contributed by atoms with Gasteiger partial charge in [-0.3, -0.25) is 38.6 Å². The number of nitrogens with zero attached hydrogens (tertiary/aromatic N) is 2. The van der Waals surface area contributed by atoms with Gasteiger partial charge in [0.15, 0.2) is 0 Å². The van der Waals surface area contributed by atoms with Gasteiger partial charge in [-0.05, 0) is 13.8 Å². The Labute approximate surface area is 159 Å². The monoisotopic (exact) mass is 408 g/mol. The highest BCUT2D eigenvalue weighted by molar-refractivity contribution is 5.80. The second-order valence-electron chi connectivity index (χ2n) is 5.56. The maximum Gasteiger partial charge on any atom is 0.320 e. The van der Waals surface area contributed by atoms with Crippen LogP contribution in [0, 0.1) is 0 Å². The van der Waals surface area contributed by atoms with Gasteiger partial charge in [0.1, 0.15) is 12.1 Å². The van der Waals surface area contributed by atoms with Crippen LogP contribution in [0.3, 0.4) is 0 Å². The van der Waals surface area contributed by atoms with Crippen LogP contribution in [-0.2, 0) is 28.8 Å². The molecular formula is C14H24N4O10. The zero-order chi connectivity index (χ0) is 22.6. The van der Waals surface area contributed by atoms with E-state index < -0.39 is 60.9 Å². The number of nitrogens with two attached hydrogens (primary N) is 2. The van der Waals surface area contributed by atoms with Gasteiger partial charge in [0.2, 0.25) is 11.8 Å². The lowest BCUT2D eigenvalue weighted by Gasteiger charge is -2.22. The Hall–Kier alpha value is -3.26. The first kappa shape index (κ1) is 27.0. The van der Waals surface area contributed by atoms with Crippen LogP contribution in [-0.4, -0.2) is 104 Å². The van der Waals surface area contributed by atoms with Gasteiger partial charge in [-0.25, -0.2) is 0 Å². The van der Waals surface area contributed by atoms with Crippen LogP contribution in [0.1, 0.15) is 13.8 Å². The fourth-order valence-corrected chi connectivity index (χ4v) is 1.72. The van der Waals surface area contributed by atoms with Crippen molar-refractivity contribution in [2.75, 3.05) is 26.2 Å². The van der Waals surface area contributed by atoms with Gasteiger partial charge < -0.3 is 31.9 Å². The molecule has 0 saturated carbocycles. The number of carboxylic acid groups (broad SMARTS) is 4. The molecule has 0 heterocycles. The van der Waals surface area contributed by atoms with Crippen LogP contribution in [0.15, 0.2) is 0 Å². The number of rotatable bonds is 12. The highest BCUT2D eigenvalue weighted by Crippen LogP contribution is 1.99. The molecule has 0 aliphatic carbocycles. The first-order valence-corrected chi connectivity index (χ1v) is 7.62. The fraction of sp³-hybridized carbons (Fsp3) is 0.571. The fourth-order valence-electron chi connectivity index (χ4n) is 1.72. The second kappa shape index (κ2) is 13.0. The molecule has 0 bridgehead atoms. The number of aliphatic carboxylic acids is 4. The second-order valence-corrected chi connectivity index (χ2v) is 5.56. The van der Waals surface area contributed by atoms with Crippen LogP contribution in [0.2, 0.25) is 0 Å². The number of carbonyl (C=O) groups excluding carboxylic acids is 2. The van der Waals surface area contributed by atoms with Gasteiger partial charge in [-0.15, -0.1) is 0 Å². The van der Waals surface area contributed by atoms with Crippen LogP contribution < -0.4 is 11.5 Å². The highest BCUT2D eigenvalue weighted by Gasteiger charge is 2.24. The molecule has 2 atom stereocenters. The van der Waals surface area contributed by atoms with Crippen LogP contribution in [0.25, 0.3) is 0 Å². The number of primary amides is 2. The average molecular weight is 408 g/mol. The molecule has 160 valence electrons. The summed E-state index contributed by atoms with van der Waals surface area (Å²) in [6, 6.07) is -2.11. The lowest BCUT2D eigenvalue weighted by Crippen LogP contribution is -2.46. The van der Waals surface area contributed by atoms with Gasteiger partial charge in [-0.1, -0.05) is 0 Å². The number of amides is 2. The van der Waals surface area contributed by atoms with Gasteiger partial charge in [0.05, 0.1) is 26.2 Å². The molecule has 0 unspecified atom stereocenters. The minimum Gasteiger partial charge on any atom is -0.480 e. The quantitative estimate of drug-likeness (QED) is 0.186. The van der Waals surface area contributed by atoms with Crippen molar-refractivity contribution in [1.29, 1.82) is 0 Å². The predicted octanol–water partition coefficient (Wildman–Crippen LogP) is -3.34. The Bertz CT molecular complexity index is 525. The molecule has 0 rings (SSSR count). The van der Waals surface area contributed by atoms with Crippen molar-refractivity contribution in [3.05, 3.63) is 0 Å². The van der Waals surface area contributed by atoms with E-state index in [1.807, 2.05) is 0 Å². The summed E-state index contributed by atoms with van der Waals surface area (Å²) in [5, 5.41) is 34.1. The molecule has 8 N–H and O–H groups in total. The Morgan fingerprint density at radius 2 is 0.893 bits per heavy atom. The minimum absolute atomic E-state index is 0.389. The Kier molecular flexibility index (Phi) is 12.5. The third-order valence-corrected chi connectivity index (χ3v) is 3.20. The predicted molar refractivity (Wildman–Crippen MR) is 91.0 cm³/mol. The topological polar surface area (TPSA) is 242 Å². The van der Waals surface area contributed by atoms with Gasteiger partial charge in [0, 0.05) is 0 Å². The largest absolute Gasteiger partial charge is 0.480 e. The normalized spacial score (nSPS) is 12.4. The zero-order valence-electron chi connectivity index (χ0n) is 15.3. The lowest BCUT2D eigenvalue weighted by atomic mass is 10.3. The third-order valence-electron chi connectivity index (χ3n) is 3.20. The highest BCUT2D eigenvalue weighted by atomic mass is 16.4. The Balaban J connectivity index is 0. The van der Waals surface area contributed by atoms with Crippen LogP contribution in [0.5, 0.6) is 0 Å². The summed E-state index contributed by atoms with van der Waals surface area (Å²) in [5.41, 5.74) is 9.68. The molecule has 0 aliphatic rings. The van der Waals surface area contributed by atoms with E-state index in [0.29, 0.717) is 0 Å². The molecule has 28 heavy (non-hydrogen) atoms. The van der Waals surface area contributed by atoms with Crippen molar-refractivity contribution >= 4 is 35.7 Å². The average Bonchev–Trinajstić information content (AvgIpc) is 2.50. The van der Waals surface area contributed by atoms with Gasteiger partial charge in [0.25, 0.3) is 0 Å². The molecular weight excluding hydrogens is 384 g/mol. The number of carboxylic acids is 4. The van der Waals surface area contributed by atoms with Crippen molar-refractivity contribution in [2.45, 2.75) is 25.9 Å². The molecule has 0 spiro atoms. The first-order valence-electron chi connectivity index (χ1n) is 7.62. The third kappa shape index (κ3) is 13.0. The summed E-state index contributed by atoms with van der Waals surface area (Å²) in [6.07, 6.45) is 0. The van der Waals surface area contributed by atoms with Crippen molar-refractivity contribution in [2.24, 2.45) is 11.5 Å². The van der Waals surface area contributed by atoms with E-state index in [2.05, 4.69) is 0 Å². The van der Waals surface area contributed by atoms with E-state index in [-0.39, 0.29) is 13.1 Å². The van der Waals surface area contributed by atoms with E-state index in [1.54, 1.807) is 0 Å². The van der Waals surface area contributed by atoms with Crippen LogP contribution >= 0.6 is 0 Å². The van der Waals surface area contributed by atoms with E-state index in [9.17, 15) is 28.8 Å².